The van der Waals surface area contributed by atoms with E-state index in [0.29, 0.717) is 53.2 Å². The van der Waals surface area contributed by atoms with Crippen LogP contribution in [0.5, 0.6) is 17.2 Å². The minimum absolute atomic E-state index is 0.150. The second kappa shape index (κ2) is 9.14. The minimum atomic E-state index is -0.387. The fraction of sp³-hybridized carbons (Fsp3) is 0.160. The van der Waals surface area contributed by atoms with Gasteiger partial charge in [0.15, 0.2) is 11.5 Å². The van der Waals surface area contributed by atoms with E-state index in [4.69, 9.17) is 14.2 Å². The molecule has 9 heteroatoms. The molecule has 172 valence electrons. The number of nitrogens with one attached hydrogen (secondary N) is 2. The lowest BCUT2D eigenvalue weighted by Crippen LogP contribution is -2.20. The van der Waals surface area contributed by atoms with E-state index in [1.807, 2.05) is 19.1 Å². The molecule has 0 unspecified atom stereocenters. The first-order valence-electron chi connectivity index (χ1n) is 10.7. The van der Waals surface area contributed by atoms with E-state index in [9.17, 15) is 9.59 Å². The van der Waals surface area contributed by atoms with E-state index in [1.54, 1.807) is 48.7 Å². The zero-order valence-electron chi connectivity index (χ0n) is 18.4. The van der Waals surface area contributed by atoms with Crippen molar-refractivity contribution in [3.05, 3.63) is 88.5 Å². The Balaban J connectivity index is 1.19. The molecule has 34 heavy (non-hydrogen) atoms. The smallest absolute Gasteiger partial charge is 0.323 e. The Morgan fingerprint density at radius 3 is 2.56 bits per heavy atom. The summed E-state index contributed by atoms with van der Waals surface area (Å²) in [6, 6.07) is 16.9. The predicted molar refractivity (Wildman–Crippen MR) is 127 cm³/mol. The van der Waals surface area contributed by atoms with Crippen LogP contribution in [-0.2, 0) is 6.61 Å². The number of urea groups is 1. The lowest BCUT2D eigenvalue weighted by atomic mass is 10.2. The largest absolute Gasteiger partial charge is 0.487 e. The molecule has 5 rings (SSSR count). The van der Waals surface area contributed by atoms with Crippen LogP contribution in [-0.4, -0.2) is 28.6 Å². The van der Waals surface area contributed by atoms with Gasteiger partial charge in [-0.2, -0.15) is 0 Å². The molecule has 0 aliphatic carbocycles. The molecule has 0 fully saturated rings. The Labute approximate surface area is 194 Å². The molecule has 0 saturated heterocycles. The number of ether oxygens (including phenoxy) is 3. The van der Waals surface area contributed by atoms with Gasteiger partial charge in [-0.25, -0.2) is 9.78 Å². The van der Waals surface area contributed by atoms with E-state index in [-0.39, 0.29) is 18.2 Å². The fourth-order valence-electron chi connectivity index (χ4n) is 3.59. The minimum Gasteiger partial charge on any atom is -0.487 e. The molecule has 2 aromatic carbocycles. The Bertz CT molecular complexity index is 1420. The van der Waals surface area contributed by atoms with Crippen LogP contribution < -0.4 is 30.4 Å². The van der Waals surface area contributed by atoms with Gasteiger partial charge in [-0.1, -0.05) is 6.07 Å². The van der Waals surface area contributed by atoms with Crippen LogP contribution in [0.2, 0.25) is 0 Å². The van der Waals surface area contributed by atoms with Crippen molar-refractivity contribution in [3.8, 4) is 17.2 Å². The number of fused-ring (bicyclic) bond motifs is 2. The summed E-state index contributed by atoms with van der Waals surface area (Å²) in [5.74, 6) is 1.85. The van der Waals surface area contributed by atoms with Gasteiger partial charge in [0.2, 0.25) is 0 Å². The van der Waals surface area contributed by atoms with Gasteiger partial charge in [-0.15, -0.1) is 0 Å². The van der Waals surface area contributed by atoms with Crippen molar-refractivity contribution in [2.24, 2.45) is 0 Å². The number of amides is 2. The van der Waals surface area contributed by atoms with Crippen molar-refractivity contribution in [1.82, 2.24) is 9.38 Å². The summed E-state index contributed by atoms with van der Waals surface area (Å²) >= 11 is 0. The molecule has 9 nitrogen and oxygen atoms in total. The lowest BCUT2D eigenvalue weighted by molar-refractivity contribution is 0.171. The quantitative estimate of drug-likeness (QED) is 0.469. The van der Waals surface area contributed by atoms with Crippen LogP contribution in [0.4, 0.5) is 16.2 Å². The highest BCUT2D eigenvalue weighted by Gasteiger charge is 2.13. The molecule has 0 spiro atoms. The number of benzene rings is 2. The molecule has 0 saturated carbocycles. The van der Waals surface area contributed by atoms with Crippen LogP contribution >= 0.6 is 0 Å². The lowest BCUT2D eigenvalue weighted by Gasteiger charge is -2.19. The van der Waals surface area contributed by atoms with Crippen molar-refractivity contribution >= 4 is 23.1 Å². The molecule has 0 bridgehead atoms. The molecule has 2 aromatic heterocycles. The van der Waals surface area contributed by atoms with Gasteiger partial charge in [0, 0.05) is 29.7 Å². The van der Waals surface area contributed by atoms with E-state index in [0.717, 1.165) is 5.56 Å². The van der Waals surface area contributed by atoms with Gasteiger partial charge >= 0.3 is 6.03 Å². The summed E-state index contributed by atoms with van der Waals surface area (Å²) in [5.41, 5.74) is 3.09. The maximum atomic E-state index is 12.3. The number of aryl methyl sites for hydroxylation is 1. The molecule has 0 atom stereocenters. The predicted octanol–water partition coefficient (Wildman–Crippen LogP) is 4.00. The number of aromatic nitrogens is 2. The average Bonchev–Trinajstić information content (AvgIpc) is 2.84. The summed E-state index contributed by atoms with van der Waals surface area (Å²) in [7, 11) is 0. The summed E-state index contributed by atoms with van der Waals surface area (Å²) in [6.07, 6.45) is 1.69. The highest BCUT2D eigenvalue weighted by atomic mass is 16.6. The standard InChI is InChI=1S/C25H22N4O5/c1-16-3-2-10-29-23(30)14-19(26-24(16)29)15-34-20-7-4-17(5-8-20)27-25(31)28-18-6-9-21-22(13-18)33-12-11-32-21/h2-10,13-14H,11-12,15H2,1H3,(H2,27,28,31). The first-order valence-corrected chi connectivity index (χ1v) is 10.7. The molecule has 2 N–H and O–H groups in total. The number of hydrogen-bond donors (Lipinski definition) is 2. The highest BCUT2D eigenvalue weighted by Crippen LogP contribution is 2.32. The topological polar surface area (TPSA) is 103 Å². The summed E-state index contributed by atoms with van der Waals surface area (Å²) in [4.78, 5) is 29.2. The summed E-state index contributed by atoms with van der Waals surface area (Å²) in [5, 5.41) is 5.54. The van der Waals surface area contributed by atoms with Crippen LogP contribution in [0.25, 0.3) is 5.65 Å². The highest BCUT2D eigenvalue weighted by molar-refractivity contribution is 5.99. The molecule has 3 heterocycles. The Kier molecular flexibility index (Phi) is 5.73. The van der Waals surface area contributed by atoms with E-state index >= 15 is 0 Å². The molecular weight excluding hydrogens is 436 g/mol. The van der Waals surface area contributed by atoms with Crippen molar-refractivity contribution in [2.75, 3.05) is 23.8 Å². The number of carbonyl (C=O) groups is 1. The van der Waals surface area contributed by atoms with Crippen molar-refractivity contribution < 1.29 is 19.0 Å². The van der Waals surface area contributed by atoms with Gasteiger partial charge < -0.3 is 24.8 Å². The second-order valence-corrected chi connectivity index (χ2v) is 7.72. The van der Waals surface area contributed by atoms with Crippen LogP contribution in [0, 0.1) is 6.92 Å². The van der Waals surface area contributed by atoms with Gasteiger partial charge in [-0.3, -0.25) is 9.20 Å². The third-order valence-corrected chi connectivity index (χ3v) is 5.24. The SMILES string of the molecule is Cc1cccn2c(=O)cc(COc3ccc(NC(=O)Nc4ccc5c(c4)OCCO5)cc3)nc12. The number of anilines is 2. The van der Waals surface area contributed by atoms with Crippen LogP contribution in [0.15, 0.2) is 71.7 Å². The molecule has 4 aromatic rings. The van der Waals surface area contributed by atoms with Crippen LogP contribution in [0.1, 0.15) is 11.3 Å². The Morgan fingerprint density at radius 2 is 1.74 bits per heavy atom. The Morgan fingerprint density at radius 1 is 1.00 bits per heavy atom. The fourth-order valence-corrected chi connectivity index (χ4v) is 3.59. The number of nitrogens with zero attached hydrogens (tertiary/aromatic N) is 2. The van der Waals surface area contributed by atoms with E-state index < -0.39 is 0 Å². The van der Waals surface area contributed by atoms with Crippen molar-refractivity contribution in [1.29, 1.82) is 0 Å². The monoisotopic (exact) mass is 458 g/mol. The van der Waals surface area contributed by atoms with Gasteiger partial charge in [0.05, 0.1) is 5.69 Å². The number of carbonyl (C=O) groups excluding carboxylic acids is 1. The van der Waals surface area contributed by atoms with Crippen molar-refractivity contribution in [3.63, 3.8) is 0 Å². The van der Waals surface area contributed by atoms with Crippen molar-refractivity contribution in [2.45, 2.75) is 13.5 Å². The molecule has 0 radical (unpaired) electrons. The van der Waals surface area contributed by atoms with Gasteiger partial charge in [-0.05, 0) is 55.0 Å². The molecule has 1 aliphatic heterocycles. The van der Waals surface area contributed by atoms with Crippen LogP contribution in [0.3, 0.4) is 0 Å². The Hall–Kier alpha value is -4.53. The maximum Gasteiger partial charge on any atom is 0.323 e. The van der Waals surface area contributed by atoms with E-state index in [2.05, 4.69) is 15.6 Å². The summed E-state index contributed by atoms with van der Waals surface area (Å²) in [6.45, 7) is 3.04. The molecule has 2 amide bonds. The second-order valence-electron chi connectivity index (χ2n) is 7.72. The third kappa shape index (κ3) is 4.63. The van der Waals surface area contributed by atoms with Gasteiger partial charge in [0.1, 0.15) is 31.2 Å². The molecular formula is C25H22N4O5. The molecule has 1 aliphatic rings. The first kappa shape index (κ1) is 21.3. The zero-order valence-corrected chi connectivity index (χ0v) is 18.4. The number of rotatable bonds is 5. The van der Waals surface area contributed by atoms with Gasteiger partial charge in [0.25, 0.3) is 5.56 Å². The normalized spacial score (nSPS) is 12.3. The first-order chi connectivity index (χ1) is 16.5. The maximum absolute atomic E-state index is 12.3. The zero-order chi connectivity index (χ0) is 23.5. The van der Waals surface area contributed by atoms with E-state index in [1.165, 1.54) is 10.5 Å². The summed E-state index contributed by atoms with van der Waals surface area (Å²) < 4.78 is 18.3. The third-order valence-electron chi connectivity index (χ3n) is 5.24. The number of hydrogen-bond acceptors (Lipinski definition) is 6. The number of pyridine rings is 1. The average molecular weight is 458 g/mol.